The number of amides is 3. The number of carbonyl (C=O) groups is 3. The highest BCUT2D eigenvalue weighted by atomic mass is 16.6. The van der Waals surface area contributed by atoms with Crippen LogP contribution >= 0.6 is 0 Å². The Bertz CT molecular complexity index is 2430. The average Bonchev–Trinajstić information content (AvgIpc) is 3.66. The second-order valence-corrected chi connectivity index (χ2v) is 16.3. The molecule has 2 N–H and O–H groups in total. The third kappa shape index (κ3) is 8.99. The van der Waals surface area contributed by atoms with Crippen molar-refractivity contribution in [1.82, 2.24) is 19.8 Å². The van der Waals surface area contributed by atoms with Crippen LogP contribution in [0.3, 0.4) is 0 Å². The predicted molar refractivity (Wildman–Crippen MR) is 228 cm³/mol. The van der Waals surface area contributed by atoms with Gasteiger partial charge in [-0.2, -0.15) is 0 Å². The second-order valence-electron chi connectivity index (χ2n) is 16.3. The zero-order valence-electron chi connectivity index (χ0n) is 35.6. The molecule has 15 nitrogen and oxygen atoms in total. The summed E-state index contributed by atoms with van der Waals surface area (Å²) >= 11 is 0. The fraction of sp³-hybridized carbons (Fsp3) is 0.378. The molecule has 1 aliphatic heterocycles. The monoisotopic (exact) mass is 820 g/mol. The van der Waals surface area contributed by atoms with Crippen molar-refractivity contribution < 1.29 is 38.3 Å². The van der Waals surface area contributed by atoms with Gasteiger partial charge in [-0.25, -0.2) is 9.78 Å². The van der Waals surface area contributed by atoms with E-state index in [0.717, 1.165) is 16.9 Å². The lowest BCUT2D eigenvalue weighted by atomic mass is 9.76. The Balaban J connectivity index is 1.32. The number of H-pyrrole nitrogens is 1. The molecule has 6 rings (SSSR count). The Kier molecular flexibility index (Phi) is 12.4. The first kappa shape index (κ1) is 43.0. The van der Waals surface area contributed by atoms with Crippen LogP contribution in [0.4, 0.5) is 16.2 Å². The molecule has 0 atom stereocenters. The number of ether oxygens (including phenoxy) is 4. The van der Waals surface area contributed by atoms with Crippen LogP contribution in [0.1, 0.15) is 73.7 Å². The van der Waals surface area contributed by atoms with Crippen molar-refractivity contribution in [3.63, 3.8) is 0 Å². The molecule has 60 heavy (non-hydrogen) atoms. The molecule has 316 valence electrons. The van der Waals surface area contributed by atoms with E-state index in [1.54, 1.807) is 79.9 Å². The number of benzene rings is 4. The van der Waals surface area contributed by atoms with Crippen LogP contribution in [0.2, 0.25) is 0 Å². The summed E-state index contributed by atoms with van der Waals surface area (Å²) in [6, 6.07) is 19.8. The van der Waals surface area contributed by atoms with Crippen molar-refractivity contribution in [3.05, 3.63) is 105 Å². The minimum atomic E-state index is -1.16. The highest BCUT2D eigenvalue weighted by Gasteiger charge is 2.46. The van der Waals surface area contributed by atoms with E-state index in [1.165, 1.54) is 11.0 Å². The molecule has 0 radical (unpaired) electrons. The molecular weight excluding hydrogens is 769 g/mol. The number of nitrogens with zero attached hydrogens (tertiary/aromatic N) is 4. The standard InChI is InChI=1S/C45H52N6O9/c1-27-11-15-30(24-34(27)51(55)56)40-47-38-33(46-26-29-12-16-31(57-7)17-13-29)25-32-37(39(38)48-40)41(52)50(42(53)45(32,5)6)21-10-20-49(43(54)60-44(2,3)4)22-19-28-14-18-35(58-8)36(23-28)59-9/h11-18,23-25,46H,10,19-22,26H2,1-9H3,(H,47,48). The molecule has 2 heterocycles. The first-order valence-electron chi connectivity index (χ1n) is 19.7. The Morgan fingerprint density at radius 2 is 1.63 bits per heavy atom. The lowest BCUT2D eigenvalue weighted by Crippen LogP contribution is -2.52. The van der Waals surface area contributed by atoms with E-state index < -0.39 is 27.9 Å². The molecule has 0 aliphatic carbocycles. The van der Waals surface area contributed by atoms with Gasteiger partial charge in [0.05, 0.1) is 48.4 Å². The van der Waals surface area contributed by atoms with E-state index in [9.17, 15) is 24.5 Å². The highest BCUT2D eigenvalue weighted by Crippen LogP contribution is 2.42. The van der Waals surface area contributed by atoms with Crippen LogP contribution in [0, 0.1) is 17.0 Å². The quantitative estimate of drug-likeness (QED) is 0.0591. The molecule has 0 saturated heterocycles. The number of aromatic amines is 1. The van der Waals surface area contributed by atoms with Crippen molar-refractivity contribution in [2.75, 3.05) is 46.3 Å². The lowest BCUT2D eigenvalue weighted by Gasteiger charge is -2.38. The molecular formula is C45H52N6O9. The van der Waals surface area contributed by atoms with Crippen LogP contribution in [0.25, 0.3) is 22.4 Å². The van der Waals surface area contributed by atoms with Gasteiger partial charge < -0.3 is 34.1 Å². The van der Waals surface area contributed by atoms with Gasteiger partial charge in [0.2, 0.25) is 5.91 Å². The summed E-state index contributed by atoms with van der Waals surface area (Å²) in [6.45, 7) is 11.5. The fourth-order valence-corrected chi connectivity index (χ4v) is 7.27. The maximum absolute atomic E-state index is 14.6. The van der Waals surface area contributed by atoms with Crippen molar-refractivity contribution in [2.24, 2.45) is 0 Å². The van der Waals surface area contributed by atoms with Gasteiger partial charge in [0.15, 0.2) is 11.5 Å². The van der Waals surface area contributed by atoms with Crippen LogP contribution < -0.4 is 19.5 Å². The number of nitrogens with one attached hydrogen (secondary N) is 2. The summed E-state index contributed by atoms with van der Waals surface area (Å²) < 4.78 is 21.9. The number of anilines is 1. The Morgan fingerprint density at radius 1 is 0.933 bits per heavy atom. The number of hydrogen-bond donors (Lipinski definition) is 2. The molecule has 0 bridgehead atoms. The van der Waals surface area contributed by atoms with Crippen molar-refractivity contribution in [3.8, 4) is 28.6 Å². The largest absolute Gasteiger partial charge is 0.497 e. The molecule has 1 aliphatic rings. The van der Waals surface area contributed by atoms with Gasteiger partial charge in [0.25, 0.3) is 11.6 Å². The molecule has 0 spiro atoms. The van der Waals surface area contributed by atoms with Crippen LogP contribution in [0.15, 0.2) is 66.7 Å². The zero-order valence-corrected chi connectivity index (χ0v) is 35.6. The summed E-state index contributed by atoms with van der Waals surface area (Å²) in [5.41, 5.74) is 3.05. The number of imidazole rings is 1. The fourth-order valence-electron chi connectivity index (χ4n) is 7.27. The number of methoxy groups -OCH3 is 3. The molecule has 4 aromatic carbocycles. The van der Waals surface area contributed by atoms with Crippen molar-refractivity contribution in [1.29, 1.82) is 0 Å². The number of imide groups is 1. The van der Waals surface area contributed by atoms with Gasteiger partial charge in [-0.15, -0.1) is 0 Å². The van der Waals surface area contributed by atoms with Gasteiger partial charge in [0, 0.05) is 43.4 Å². The number of nitro groups is 1. The Morgan fingerprint density at radius 3 is 2.28 bits per heavy atom. The summed E-state index contributed by atoms with van der Waals surface area (Å²) in [6.07, 6.45) is 0.249. The summed E-state index contributed by atoms with van der Waals surface area (Å²) in [4.78, 5) is 64.9. The van der Waals surface area contributed by atoms with E-state index >= 15 is 0 Å². The van der Waals surface area contributed by atoms with Gasteiger partial charge in [-0.1, -0.05) is 30.3 Å². The Hall–Kier alpha value is -6.64. The third-order valence-electron chi connectivity index (χ3n) is 10.6. The van der Waals surface area contributed by atoms with E-state index in [1.807, 2.05) is 48.5 Å². The highest BCUT2D eigenvalue weighted by molar-refractivity contribution is 6.19. The van der Waals surface area contributed by atoms with E-state index in [4.69, 9.17) is 23.9 Å². The zero-order chi connectivity index (χ0) is 43.5. The van der Waals surface area contributed by atoms with Gasteiger partial charge in [0.1, 0.15) is 22.7 Å². The van der Waals surface area contributed by atoms with E-state index in [0.29, 0.717) is 70.2 Å². The molecule has 3 amide bonds. The van der Waals surface area contributed by atoms with Crippen LogP contribution in [0.5, 0.6) is 17.2 Å². The number of hydrogen-bond acceptors (Lipinski definition) is 11. The predicted octanol–water partition coefficient (Wildman–Crippen LogP) is 8.21. The topological polar surface area (TPSA) is 178 Å². The number of rotatable bonds is 15. The number of aromatic nitrogens is 2. The normalized spacial score (nSPS) is 13.5. The molecule has 1 aromatic heterocycles. The molecule has 5 aromatic rings. The second kappa shape index (κ2) is 17.3. The van der Waals surface area contributed by atoms with Crippen molar-refractivity contribution >= 4 is 40.3 Å². The number of nitro benzene ring substituents is 1. The SMILES string of the molecule is COc1ccc(CNc2cc3c(c4nc(-c5ccc(C)c([N+](=O)[O-])c5)[nH]c24)C(=O)N(CCCN(CCc2ccc(OC)c(OC)c2)C(=O)OC(C)(C)C)C(=O)C3(C)C)cc1. The summed E-state index contributed by atoms with van der Waals surface area (Å²) in [5, 5.41) is 15.3. The van der Waals surface area contributed by atoms with E-state index in [2.05, 4.69) is 10.3 Å². The number of fused-ring (bicyclic) bond motifs is 3. The maximum atomic E-state index is 14.6. The first-order valence-corrected chi connectivity index (χ1v) is 19.7. The molecule has 0 saturated carbocycles. The van der Waals surface area contributed by atoms with Crippen molar-refractivity contribution in [2.45, 2.75) is 71.9 Å². The lowest BCUT2D eigenvalue weighted by molar-refractivity contribution is -0.385. The minimum Gasteiger partial charge on any atom is -0.497 e. The van der Waals surface area contributed by atoms with Gasteiger partial charge in [-0.05, 0) is 101 Å². The summed E-state index contributed by atoms with van der Waals surface area (Å²) in [7, 11) is 4.73. The number of carbonyl (C=O) groups excluding carboxylic acids is 3. The first-order chi connectivity index (χ1) is 28.4. The maximum Gasteiger partial charge on any atom is 0.410 e. The van der Waals surface area contributed by atoms with E-state index in [-0.39, 0.29) is 36.7 Å². The smallest absolute Gasteiger partial charge is 0.410 e. The molecule has 0 unspecified atom stereocenters. The van der Waals surface area contributed by atoms with Gasteiger partial charge >= 0.3 is 6.09 Å². The molecule has 0 fully saturated rings. The average molecular weight is 821 g/mol. The Labute approximate surface area is 349 Å². The van der Waals surface area contributed by atoms with Crippen LogP contribution in [-0.4, -0.2) is 89.2 Å². The summed E-state index contributed by atoms with van der Waals surface area (Å²) in [5.74, 6) is 1.29. The third-order valence-corrected chi connectivity index (χ3v) is 10.6. The molecule has 15 heteroatoms. The minimum absolute atomic E-state index is 0.0244. The van der Waals surface area contributed by atoms with Gasteiger partial charge in [-0.3, -0.25) is 24.6 Å². The van der Waals surface area contributed by atoms with Crippen LogP contribution in [-0.2, 0) is 27.9 Å². The number of aryl methyl sites for hydroxylation is 1.